The lowest BCUT2D eigenvalue weighted by Gasteiger charge is -2.29. The molecule has 15 heteroatoms. The van der Waals surface area contributed by atoms with Crippen molar-refractivity contribution < 1.29 is 51.4 Å². The maximum atomic E-state index is 13.9. The number of Topliss-reactive ketones (excluding diaryl/α,β-unsaturated/α-hetero) is 1. The van der Waals surface area contributed by atoms with E-state index in [0.717, 1.165) is 5.56 Å². The first-order valence-electron chi connectivity index (χ1n) is 12.7. The summed E-state index contributed by atoms with van der Waals surface area (Å²) in [5.74, 6) is -13.1. The van der Waals surface area contributed by atoms with Crippen molar-refractivity contribution in [3.05, 3.63) is 58.7 Å². The number of carbonyl (C=O) groups excluding carboxylic acids is 4. The molecule has 224 valence electrons. The highest BCUT2D eigenvalue weighted by atomic mass is 19.2. The minimum Gasteiger partial charge on any atom is -0.481 e. The van der Waals surface area contributed by atoms with Gasteiger partial charge in [0.05, 0.1) is 12.1 Å². The summed E-state index contributed by atoms with van der Waals surface area (Å²) in [5.41, 5.74) is 1.87. The number of aryl methyl sites for hydroxylation is 1. The maximum Gasteiger partial charge on any atom is 0.317 e. The molecular formula is C27H26F4N4O7. The van der Waals surface area contributed by atoms with Gasteiger partial charge in [0, 0.05) is 26.6 Å². The average Bonchev–Trinajstić information content (AvgIpc) is 3.27. The Morgan fingerprint density at radius 3 is 2.36 bits per heavy atom. The zero-order valence-electron chi connectivity index (χ0n) is 22.4. The summed E-state index contributed by atoms with van der Waals surface area (Å²) in [6.07, 6.45) is -0.316. The number of para-hydroxylation sites is 1. The molecular weight excluding hydrogens is 568 g/mol. The summed E-state index contributed by atoms with van der Waals surface area (Å²) in [6.45, 7) is -1.24. The molecule has 2 aliphatic heterocycles. The third kappa shape index (κ3) is 5.99. The number of carbonyl (C=O) groups is 5. The first-order chi connectivity index (χ1) is 19.8. The molecule has 2 heterocycles. The van der Waals surface area contributed by atoms with Gasteiger partial charge in [-0.3, -0.25) is 24.1 Å². The van der Waals surface area contributed by atoms with E-state index in [4.69, 9.17) is 0 Å². The first kappa shape index (κ1) is 30.3. The smallest absolute Gasteiger partial charge is 0.317 e. The van der Waals surface area contributed by atoms with Gasteiger partial charge < -0.3 is 25.4 Å². The van der Waals surface area contributed by atoms with E-state index in [-0.39, 0.29) is 18.9 Å². The highest BCUT2D eigenvalue weighted by Gasteiger charge is 2.45. The van der Waals surface area contributed by atoms with Crippen LogP contribution in [0.2, 0.25) is 0 Å². The number of aliphatic carboxylic acids is 1. The summed E-state index contributed by atoms with van der Waals surface area (Å²) >= 11 is 0. The van der Waals surface area contributed by atoms with Crippen LogP contribution in [0.25, 0.3) is 0 Å². The largest absolute Gasteiger partial charge is 0.481 e. The maximum absolute atomic E-state index is 13.9. The number of benzene rings is 2. The average molecular weight is 595 g/mol. The van der Waals surface area contributed by atoms with E-state index in [1.54, 1.807) is 18.2 Å². The van der Waals surface area contributed by atoms with Crippen LogP contribution in [-0.4, -0.2) is 78.4 Å². The van der Waals surface area contributed by atoms with Crippen molar-refractivity contribution in [3.8, 4) is 5.75 Å². The standard InChI is InChI=1S/C27H26F4N4O7/c1-34(2)27(41)33-16-7-6-12-4-3-5-13-8-18(35(23(12)13)26(16)40)25(39)32-17(10-20(37)38)19(36)11-42-24-21(30)14(28)9-15(29)22(24)31/h3-5,9,16-18H,6-8,10-11H2,1-2H3,(H,32,39)(H,33,41)(H,37,38). The third-order valence-electron chi connectivity index (χ3n) is 6.93. The predicted octanol–water partition coefficient (Wildman–Crippen LogP) is 1.69. The number of amides is 4. The molecule has 2 aromatic rings. The molecule has 0 aromatic heterocycles. The van der Waals surface area contributed by atoms with Crippen LogP contribution < -0.4 is 20.3 Å². The van der Waals surface area contributed by atoms with Gasteiger partial charge in [0.25, 0.3) is 0 Å². The Labute approximate surface area is 236 Å². The summed E-state index contributed by atoms with van der Waals surface area (Å²) < 4.78 is 59.5. The SMILES string of the molecule is CN(C)C(=O)NC1CCc2cccc3c2N(C1=O)C(C(=O)NC(CC(=O)O)C(=O)COc1c(F)c(F)cc(F)c1F)C3. The first-order valence-corrected chi connectivity index (χ1v) is 12.7. The Hall–Kier alpha value is -4.69. The molecule has 0 aliphatic carbocycles. The van der Waals surface area contributed by atoms with Gasteiger partial charge in [0.15, 0.2) is 23.2 Å². The zero-order chi connectivity index (χ0) is 30.9. The minimum atomic E-state index is -1.91. The summed E-state index contributed by atoms with van der Waals surface area (Å²) in [5, 5.41) is 14.2. The van der Waals surface area contributed by atoms with Crippen LogP contribution in [0.3, 0.4) is 0 Å². The van der Waals surface area contributed by atoms with Crippen LogP contribution in [0.15, 0.2) is 24.3 Å². The van der Waals surface area contributed by atoms with Crippen molar-refractivity contribution in [2.24, 2.45) is 0 Å². The molecule has 42 heavy (non-hydrogen) atoms. The number of nitrogens with zero attached hydrogens (tertiary/aromatic N) is 2. The van der Waals surface area contributed by atoms with Crippen molar-refractivity contribution in [3.63, 3.8) is 0 Å². The van der Waals surface area contributed by atoms with Crippen LogP contribution in [0, 0.1) is 23.3 Å². The number of ketones is 1. The number of urea groups is 1. The number of hydrogen-bond acceptors (Lipinski definition) is 6. The second kappa shape index (κ2) is 12.0. The second-order valence-corrected chi connectivity index (χ2v) is 10.00. The quantitative estimate of drug-likeness (QED) is 0.296. The Kier molecular flexibility index (Phi) is 8.68. The molecule has 4 rings (SSSR count). The molecule has 11 nitrogen and oxygen atoms in total. The molecule has 0 spiro atoms. The van der Waals surface area contributed by atoms with Gasteiger partial charge in [-0.1, -0.05) is 18.2 Å². The van der Waals surface area contributed by atoms with Crippen molar-refractivity contribution in [1.82, 2.24) is 15.5 Å². The van der Waals surface area contributed by atoms with Gasteiger partial charge >= 0.3 is 12.0 Å². The van der Waals surface area contributed by atoms with Gasteiger partial charge in [-0.2, -0.15) is 8.78 Å². The van der Waals surface area contributed by atoms with E-state index in [1.807, 2.05) is 0 Å². The van der Waals surface area contributed by atoms with Crippen LogP contribution in [0.4, 0.5) is 28.0 Å². The molecule has 0 saturated carbocycles. The van der Waals surface area contributed by atoms with E-state index in [1.165, 1.54) is 23.9 Å². The summed E-state index contributed by atoms with van der Waals surface area (Å²) in [7, 11) is 2.98. The van der Waals surface area contributed by atoms with E-state index >= 15 is 0 Å². The van der Waals surface area contributed by atoms with Crippen LogP contribution in [-0.2, 0) is 32.0 Å². The summed E-state index contributed by atoms with van der Waals surface area (Å²) in [6, 6.07) is 0.622. The minimum absolute atomic E-state index is 0.0125. The number of hydrogen-bond donors (Lipinski definition) is 3. The van der Waals surface area contributed by atoms with Gasteiger partial charge in [-0.05, 0) is 24.0 Å². The molecule has 0 saturated heterocycles. The number of carboxylic acids is 1. The molecule has 2 aliphatic rings. The normalized spacial score (nSPS) is 18.0. The molecule has 3 unspecified atom stereocenters. The van der Waals surface area contributed by atoms with E-state index in [2.05, 4.69) is 15.4 Å². The Bertz CT molecular complexity index is 1440. The number of anilines is 1. The Balaban J connectivity index is 1.56. The van der Waals surface area contributed by atoms with Crippen LogP contribution in [0.5, 0.6) is 5.75 Å². The Morgan fingerprint density at radius 2 is 1.74 bits per heavy atom. The molecule has 2 aromatic carbocycles. The molecule has 3 atom stereocenters. The molecule has 0 radical (unpaired) electrons. The number of ether oxygens (including phenoxy) is 1. The molecule has 3 N–H and O–H groups in total. The number of rotatable bonds is 9. The number of halogens is 4. The van der Waals surface area contributed by atoms with E-state index < -0.39 is 89.8 Å². The highest BCUT2D eigenvalue weighted by Crippen LogP contribution is 2.39. The van der Waals surface area contributed by atoms with Crippen LogP contribution >= 0.6 is 0 Å². The fourth-order valence-electron chi connectivity index (χ4n) is 4.86. The van der Waals surface area contributed by atoms with Crippen LogP contribution in [0.1, 0.15) is 24.0 Å². The van der Waals surface area contributed by atoms with Crippen molar-refractivity contribution >= 4 is 35.3 Å². The molecule has 0 bridgehead atoms. The van der Waals surface area contributed by atoms with Gasteiger partial charge in [-0.25, -0.2) is 13.6 Å². The van der Waals surface area contributed by atoms with E-state index in [0.29, 0.717) is 17.7 Å². The van der Waals surface area contributed by atoms with Crippen molar-refractivity contribution in [1.29, 1.82) is 0 Å². The lowest BCUT2D eigenvalue weighted by molar-refractivity contribution is -0.140. The lowest BCUT2D eigenvalue weighted by atomic mass is 10.0. The third-order valence-corrected chi connectivity index (χ3v) is 6.93. The fourth-order valence-corrected chi connectivity index (χ4v) is 4.86. The summed E-state index contributed by atoms with van der Waals surface area (Å²) in [4.78, 5) is 66.1. The molecule has 0 fully saturated rings. The lowest BCUT2D eigenvalue weighted by Crippen LogP contribution is -2.57. The van der Waals surface area contributed by atoms with Gasteiger partial charge in [-0.15, -0.1) is 0 Å². The van der Waals surface area contributed by atoms with Gasteiger partial charge in [0.1, 0.15) is 24.7 Å². The number of carboxylic acid groups (broad SMARTS) is 1. The monoisotopic (exact) mass is 594 g/mol. The number of nitrogens with one attached hydrogen (secondary N) is 2. The molecule has 4 amide bonds. The predicted molar refractivity (Wildman–Crippen MR) is 137 cm³/mol. The Morgan fingerprint density at radius 1 is 1.10 bits per heavy atom. The highest BCUT2D eigenvalue weighted by molar-refractivity contribution is 6.08. The van der Waals surface area contributed by atoms with Crippen molar-refractivity contribution in [2.75, 3.05) is 25.6 Å². The zero-order valence-corrected chi connectivity index (χ0v) is 22.4. The fraction of sp³-hybridized carbons (Fsp3) is 0.370. The van der Waals surface area contributed by atoms with Gasteiger partial charge in [0.2, 0.25) is 23.4 Å². The van der Waals surface area contributed by atoms with Crippen molar-refractivity contribution in [2.45, 2.75) is 43.8 Å². The second-order valence-electron chi connectivity index (χ2n) is 10.00. The van der Waals surface area contributed by atoms with E-state index in [9.17, 15) is 46.6 Å². The topological polar surface area (TPSA) is 145 Å².